The van der Waals surface area contributed by atoms with E-state index in [-0.39, 0.29) is 11.5 Å². The standard InChI is InChI=1S/C16H22N2O2/c1-12(13-7-5-4-6-8-13)17-14-9-10-18(15(19)20)11-16(14,2)3/h4-8,12H,9-11H2,1-3H3,(H,19,20). The van der Waals surface area contributed by atoms with Gasteiger partial charge in [-0.3, -0.25) is 4.99 Å². The van der Waals surface area contributed by atoms with Gasteiger partial charge in [-0.15, -0.1) is 0 Å². The number of rotatable bonds is 2. The Labute approximate surface area is 120 Å². The monoisotopic (exact) mass is 274 g/mol. The van der Waals surface area contributed by atoms with E-state index in [9.17, 15) is 4.79 Å². The van der Waals surface area contributed by atoms with Gasteiger partial charge >= 0.3 is 6.09 Å². The fourth-order valence-corrected chi connectivity index (χ4v) is 2.67. The topological polar surface area (TPSA) is 52.9 Å². The number of hydrogen-bond donors (Lipinski definition) is 1. The van der Waals surface area contributed by atoms with Crippen LogP contribution in [-0.4, -0.2) is 34.9 Å². The number of amides is 1. The van der Waals surface area contributed by atoms with Gasteiger partial charge in [0.05, 0.1) is 6.04 Å². The Kier molecular flexibility index (Phi) is 4.12. The van der Waals surface area contributed by atoms with Gasteiger partial charge in [-0.1, -0.05) is 44.2 Å². The number of benzene rings is 1. The van der Waals surface area contributed by atoms with E-state index >= 15 is 0 Å². The highest BCUT2D eigenvalue weighted by atomic mass is 16.4. The molecule has 1 fully saturated rings. The normalized spacial score (nSPS) is 21.8. The lowest BCUT2D eigenvalue weighted by atomic mass is 9.81. The van der Waals surface area contributed by atoms with Crippen molar-refractivity contribution < 1.29 is 9.90 Å². The minimum Gasteiger partial charge on any atom is -0.465 e. The van der Waals surface area contributed by atoms with Gasteiger partial charge in [-0.25, -0.2) is 4.79 Å². The smallest absolute Gasteiger partial charge is 0.407 e. The fourth-order valence-electron chi connectivity index (χ4n) is 2.67. The maximum Gasteiger partial charge on any atom is 0.407 e. The van der Waals surface area contributed by atoms with Crippen molar-refractivity contribution in [2.75, 3.05) is 13.1 Å². The summed E-state index contributed by atoms with van der Waals surface area (Å²) in [5, 5.41) is 9.10. The van der Waals surface area contributed by atoms with E-state index in [1.807, 2.05) is 18.2 Å². The molecule has 1 aromatic rings. The zero-order valence-electron chi connectivity index (χ0n) is 12.3. The Hall–Kier alpha value is -1.84. The molecule has 1 unspecified atom stereocenters. The van der Waals surface area contributed by atoms with E-state index in [2.05, 4.69) is 32.9 Å². The molecule has 4 nitrogen and oxygen atoms in total. The molecular weight excluding hydrogens is 252 g/mol. The first-order valence-corrected chi connectivity index (χ1v) is 7.00. The number of hydrogen-bond acceptors (Lipinski definition) is 2. The fraction of sp³-hybridized carbons (Fsp3) is 0.500. The summed E-state index contributed by atoms with van der Waals surface area (Å²) in [6.07, 6.45) is -0.121. The van der Waals surface area contributed by atoms with E-state index in [0.717, 1.165) is 12.1 Å². The van der Waals surface area contributed by atoms with Crippen molar-refractivity contribution in [2.24, 2.45) is 10.4 Å². The highest BCUT2D eigenvalue weighted by Gasteiger charge is 2.34. The third kappa shape index (κ3) is 3.18. The quantitative estimate of drug-likeness (QED) is 0.895. The van der Waals surface area contributed by atoms with E-state index in [4.69, 9.17) is 10.1 Å². The first-order chi connectivity index (χ1) is 9.40. The Morgan fingerprint density at radius 3 is 2.55 bits per heavy atom. The van der Waals surface area contributed by atoms with Gasteiger partial charge in [0.15, 0.2) is 0 Å². The summed E-state index contributed by atoms with van der Waals surface area (Å²) < 4.78 is 0. The van der Waals surface area contributed by atoms with Gasteiger partial charge in [0.2, 0.25) is 0 Å². The molecule has 1 atom stereocenters. The van der Waals surface area contributed by atoms with Gasteiger partial charge in [-0.2, -0.15) is 0 Å². The molecule has 0 radical (unpaired) electrons. The summed E-state index contributed by atoms with van der Waals surface area (Å²) >= 11 is 0. The van der Waals surface area contributed by atoms with Crippen LogP contribution in [0.5, 0.6) is 0 Å². The first kappa shape index (κ1) is 14.6. The van der Waals surface area contributed by atoms with Crippen LogP contribution in [0.1, 0.15) is 38.8 Å². The summed E-state index contributed by atoms with van der Waals surface area (Å²) in [4.78, 5) is 17.4. The van der Waals surface area contributed by atoms with Gasteiger partial charge in [0, 0.05) is 30.6 Å². The van der Waals surface area contributed by atoms with Crippen molar-refractivity contribution in [3.05, 3.63) is 35.9 Å². The average Bonchev–Trinajstić information content (AvgIpc) is 2.41. The highest BCUT2D eigenvalue weighted by Crippen LogP contribution is 2.29. The second kappa shape index (κ2) is 5.65. The van der Waals surface area contributed by atoms with Crippen molar-refractivity contribution in [3.63, 3.8) is 0 Å². The van der Waals surface area contributed by atoms with Crippen molar-refractivity contribution >= 4 is 11.8 Å². The predicted octanol–water partition coefficient (Wildman–Crippen LogP) is 3.60. The lowest BCUT2D eigenvalue weighted by molar-refractivity contribution is 0.128. The highest BCUT2D eigenvalue weighted by molar-refractivity contribution is 5.91. The van der Waals surface area contributed by atoms with Gasteiger partial charge in [0.25, 0.3) is 0 Å². The molecule has 1 aromatic carbocycles. The molecule has 1 heterocycles. The Morgan fingerprint density at radius 1 is 1.35 bits per heavy atom. The van der Waals surface area contributed by atoms with Crippen molar-refractivity contribution in [1.29, 1.82) is 0 Å². The Bertz CT molecular complexity index is 508. The molecule has 1 saturated heterocycles. The minimum absolute atomic E-state index is 0.113. The Morgan fingerprint density at radius 2 is 2.00 bits per heavy atom. The summed E-state index contributed by atoms with van der Waals surface area (Å²) in [7, 11) is 0. The molecule has 1 N–H and O–H groups in total. The number of nitrogens with zero attached hydrogens (tertiary/aromatic N) is 2. The molecule has 0 aromatic heterocycles. The van der Waals surface area contributed by atoms with E-state index < -0.39 is 6.09 Å². The van der Waals surface area contributed by atoms with Crippen LogP contribution < -0.4 is 0 Å². The third-order valence-corrected chi connectivity index (χ3v) is 3.89. The van der Waals surface area contributed by atoms with Crippen LogP contribution in [-0.2, 0) is 0 Å². The van der Waals surface area contributed by atoms with Crippen LogP contribution in [0, 0.1) is 5.41 Å². The second-order valence-electron chi connectivity index (χ2n) is 6.00. The van der Waals surface area contributed by atoms with Crippen molar-refractivity contribution in [3.8, 4) is 0 Å². The zero-order chi connectivity index (χ0) is 14.8. The molecule has 1 aliphatic rings. The van der Waals surface area contributed by atoms with Crippen LogP contribution in [0.15, 0.2) is 35.3 Å². The molecular formula is C16H22N2O2. The zero-order valence-corrected chi connectivity index (χ0v) is 12.3. The summed E-state index contributed by atoms with van der Waals surface area (Å²) in [6, 6.07) is 10.3. The molecule has 4 heteroatoms. The number of carbonyl (C=O) groups is 1. The number of carboxylic acid groups (broad SMARTS) is 1. The van der Waals surface area contributed by atoms with E-state index in [1.54, 1.807) is 0 Å². The lowest BCUT2D eigenvalue weighted by Gasteiger charge is -2.38. The SMILES string of the molecule is CC(N=C1CCN(C(=O)O)CC1(C)C)c1ccccc1. The van der Waals surface area contributed by atoms with Crippen LogP contribution in [0.4, 0.5) is 4.79 Å². The molecule has 108 valence electrons. The molecule has 20 heavy (non-hydrogen) atoms. The largest absolute Gasteiger partial charge is 0.465 e. The molecule has 0 saturated carbocycles. The molecule has 0 spiro atoms. The van der Waals surface area contributed by atoms with Crippen LogP contribution in [0.3, 0.4) is 0 Å². The van der Waals surface area contributed by atoms with Crippen LogP contribution >= 0.6 is 0 Å². The minimum atomic E-state index is -0.840. The first-order valence-electron chi connectivity index (χ1n) is 7.00. The molecule has 1 aliphatic heterocycles. The Balaban J connectivity index is 2.16. The average molecular weight is 274 g/mol. The van der Waals surface area contributed by atoms with Gasteiger partial charge in [-0.05, 0) is 12.5 Å². The van der Waals surface area contributed by atoms with Crippen molar-refractivity contribution in [1.82, 2.24) is 4.90 Å². The molecule has 0 aliphatic carbocycles. The van der Waals surface area contributed by atoms with E-state index in [0.29, 0.717) is 13.1 Å². The third-order valence-electron chi connectivity index (χ3n) is 3.89. The second-order valence-corrected chi connectivity index (χ2v) is 6.00. The number of piperidine rings is 1. The van der Waals surface area contributed by atoms with Gasteiger partial charge < -0.3 is 10.0 Å². The number of likely N-dealkylation sites (tertiary alicyclic amines) is 1. The summed E-state index contributed by atoms with van der Waals surface area (Å²) in [5.41, 5.74) is 2.11. The molecule has 2 rings (SSSR count). The lowest BCUT2D eigenvalue weighted by Crippen LogP contribution is -2.48. The molecule has 0 bridgehead atoms. The molecule has 1 amide bonds. The summed E-state index contributed by atoms with van der Waals surface area (Å²) in [6.45, 7) is 7.28. The van der Waals surface area contributed by atoms with Crippen LogP contribution in [0.2, 0.25) is 0 Å². The predicted molar refractivity (Wildman–Crippen MR) is 80.3 cm³/mol. The number of aliphatic imine (C=N–C) groups is 1. The van der Waals surface area contributed by atoms with Gasteiger partial charge in [0.1, 0.15) is 0 Å². The van der Waals surface area contributed by atoms with Crippen LogP contribution in [0.25, 0.3) is 0 Å². The maximum atomic E-state index is 11.1. The van der Waals surface area contributed by atoms with E-state index in [1.165, 1.54) is 10.5 Å². The maximum absolute atomic E-state index is 11.1. The van der Waals surface area contributed by atoms with Crippen molar-refractivity contribution in [2.45, 2.75) is 33.2 Å². The summed E-state index contributed by atoms with van der Waals surface area (Å²) in [5.74, 6) is 0.